The number of nitro benzene ring substituents is 1. The number of carbonyl (C=O) groups is 2. The zero-order chi connectivity index (χ0) is 21.8. The Balaban J connectivity index is 1.64. The molecule has 154 valence electrons. The summed E-state index contributed by atoms with van der Waals surface area (Å²) in [6, 6.07) is 10.3. The van der Waals surface area contributed by atoms with Gasteiger partial charge in [-0.15, -0.1) is 11.3 Å². The van der Waals surface area contributed by atoms with Crippen LogP contribution in [-0.4, -0.2) is 33.0 Å². The quantitative estimate of drug-likeness (QED) is 0.346. The topological polar surface area (TPSA) is 132 Å². The van der Waals surface area contributed by atoms with Gasteiger partial charge in [-0.1, -0.05) is 18.2 Å². The van der Waals surface area contributed by atoms with Crippen molar-refractivity contribution in [1.29, 1.82) is 0 Å². The summed E-state index contributed by atoms with van der Waals surface area (Å²) in [5.41, 5.74) is 1.69. The second-order valence-electron chi connectivity index (χ2n) is 6.38. The lowest BCUT2D eigenvalue weighted by atomic mass is 10.1. The van der Waals surface area contributed by atoms with E-state index in [1.54, 1.807) is 30.5 Å². The van der Waals surface area contributed by atoms with Crippen molar-refractivity contribution in [2.24, 2.45) is 0 Å². The smallest absolute Gasteiger partial charge is 0.339 e. The number of aryl methyl sites for hydroxylation is 1. The standard InChI is InChI=1S/C20H17N3O6S/c1-11-6-7-14(9-17(11)24)19(26)29-12(2)18(25)22-20-21-16(10-30-20)13-4-3-5-15(8-13)23(27)28/h3-10,12,24H,1-2H3,(H,21,22,25). The molecule has 0 fully saturated rings. The highest BCUT2D eigenvalue weighted by atomic mass is 32.1. The van der Waals surface area contributed by atoms with Gasteiger partial charge in [-0.25, -0.2) is 9.78 Å². The molecule has 0 spiro atoms. The molecule has 1 amide bonds. The van der Waals surface area contributed by atoms with E-state index in [0.29, 0.717) is 16.8 Å². The van der Waals surface area contributed by atoms with E-state index in [9.17, 15) is 24.8 Å². The van der Waals surface area contributed by atoms with Crippen LogP contribution in [0.5, 0.6) is 5.75 Å². The molecule has 0 saturated carbocycles. The summed E-state index contributed by atoms with van der Waals surface area (Å²) in [7, 11) is 0. The van der Waals surface area contributed by atoms with Crippen LogP contribution in [0.4, 0.5) is 10.8 Å². The molecule has 0 saturated heterocycles. The SMILES string of the molecule is Cc1ccc(C(=O)OC(C)C(=O)Nc2nc(-c3cccc([N+](=O)[O-])c3)cs2)cc1O. The monoisotopic (exact) mass is 427 g/mol. The maximum absolute atomic E-state index is 12.3. The Bertz CT molecular complexity index is 1130. The molecule has 0 radical (unpaired) electrons. The van der Waals surface area contributed by atoms with Crippen molar-refractivity contribution in [2.45, 2.75) is 20.0 Å². The molecule has 0 aliphatic carbocycles. The number of aromatic hydroxyl groups is 1. The van der Waals surface area contributed by atoms with Crippen LogP contribution >= 0.6 is 11.3 Å². The van der Waals surface area contributed by atoms with Crippen molar-refractivity contribution in [3.63, 3.8) is 0 Å². The fourth-order valence-electron chi connectivity index (χ4n) is 2.47. The number of benzene rings is 2. The minimum absolute atomic E-state index is 0.0435. The van der Waals surface area contributed by atoms with Crippen LogP contribution in [0.1, 0.15) is 22.8 Å². The maximum atomic E-state index is 12.3. The normalized spacial score (nSPS) is 11.5. The number of phenolic OH excluding ortho intramolecular Hbond substituents is 1. The summed E-state index contributed by atoms with van der Waals surface area (Å²) < 4.78 is 5.14. The van der Waals surface area contributed by atoms with Crippen LogP contribution in [0.25, 0.3) is 11.3 Å². The van der Waals surface area contributed by atoms with E-state index < -0.39 is 22.9 Å². The first-order valence-corrected chi connectivity index (χ1v) is 9.64. The molecule has 1 aromatic heterocycles. The summed E-state index contributed by atoms with van der Waals surface area (Å²) >= 11 is 1.14. The summed E-state index contributed by atoms with van der Waals surface area (Å²) in [5, 5.41) is 25.1. The molecule has 0 aliphatic heterocycles. The second-order valence-corrected chi connectivity index (χ2v) is 7.24. The second kappa shape index (κ2) is 8.70. The van der Waals surface area contributed by atoms with Crippen LogP contribution in [0.2, 0.25) is 0 Å². The molecule has 1 unspecified atom stereocenters. The molecule has 0 aliphatic rings. The Morgan fingerprint density at radius 3 is 2.73 bits per heavy atom. The first kappa shape index (κ1) is 20.9. The van der Waals surface area contributed by atoms with Crippen LogP contribution < -0.4 is 5.32 Å². The van der Waals surface area contributed by atoms with E-state index in [1.807, 2.05) is 0 Å². The van der Waals surface area contributed by atoms with Crippen molar-refractivity contribution in [1.82, 2.24) is 4.98 Å². The Labute approximate surface area is 175 Å². The Morgan fingerprint density at radius 2 is 2.03 bits per heavy atom. The third kappa shape index (κ3) is 4.78. The van der Waals surface area contributed by atoms with Gasteiger partial charge in [-0.2, -0.15) is 0 Å². The van der Waals surface area contributed by atoms with Gasteiger partial charge in [0.1, 0.15) is 5.75 Å². The van der Waals surface area contributed by atoms with Gasteiger partial charge in [0, 0.05) is 23.1 Å². The van der Waals surface area contributed by atoms with Crippen LogP contribution in [-0.2, 0) is 9.53 Å². The highest BCUT2D eigenvalue weighted by molar-refractivity contribution is 7.14. The number of carbonyl (C=O) groups excluding carboxylic acids is 2. The van der Waals surface area contributed by atoms with Gasteiger partial charge >= 0.3 is 5.97 Å². The van der Waals surface area contributed by atoms with Crippen molar-refractivity contribution in [3.8, 4) is 17.0 Å². The van der Waals surface area contributed by atoms with E-state index in [2.05, 4.69) is 10.3 Å². The summed E-state index contributed by atoms with van der Waals surface area (Å²) in [6.07, 6.45) is -1.11. The number of thiazole rings is 1. The third-order valence-corrected chi connectivity index (χ3v) is 4.94. The number of anilines is 1. The highest BCUT2D eigenvalue weighted by Gasteiger charge is 2.21. The van der Waals surface area contributed by atoms with E-state index >= 15 is 0 Å². The average Bonchev–Trinajstić information content (AvgIpc) is 3.18. The van der Waals surface area contributed by atoms with Crippen molar-refractivity contribution in [3.05, 3.63) is 69.1 Å². The van der Waals surface area contributed by atoms with E-state index in [-0.39, 0.29) is 22.1 Å². The fourth-order valence-corrected chi connectivity index (χ4v) is 3.19. The van der Waals surface area contributed by atoms with Crippen LogP contribution in [0, 0.1) is 17.0 Å². The highest BCUT2D eigenvalue weighted by Crippen LogP contribution is 2.27. The number of nitro groups is 1. The maximum Gasteiger partial charge on any atom is 0.339 e. The molecule has 10 heteroatoms. The van der Waals surface area contributed by atoms with E-state index in [4.69, 9.17) is 4.74 Å². The van der Waals surface area contributed by atoms with Gasteiger partial charge in [0.05, 0.1) is 16.2 Å². The summed E-state index contributed by atoms with van der Waals surface area (Å²) in [5.74, 6) is -1.37. The molecule has 1 atom stereocenters. The number of esters is 1. The molecule has 30 heavy (non-hydrogen) atoms. The minimum atomic E-state index is -1.11. The number of hydrogen-bond acceptors (Lipinski definition) is 8. The first-order chi connectivity index (χ1) is 14.2. The number of nitrogens with one attached hydrogen (secondary N) is 1. The fraction of sp³-hybridized carbons (Fsp3) is 0.150. The Kier molecular flexibility index (Phi) is 6.07. The molecular weight excluding hydrogens is 410 g/mol. The molecule has 3 aromatic rings. The van der Waals surface area contributed by atoms with Crippen LogP contribution in [0.3, 0.4) is 0 Å². The number of aromatic nitrogens is 1. The largest absolute Gasteiger partial charge is 0.508 e. The number of amides is 1. The zero-order valence-corrected chi connectivity index (χ0v) is 16.8. The summed E-state index contributed by atoms with van der Waals surface area (Å²) in [6.45, 7) is 3.10. The number of rotatable bonds is 6. The molecule has 2 aromatic carbocycles. The van der Waals surface area contributed by atoms with Gasteiger partial charge in [0.25, 0.3) is 11.6 Å². The van der Waals surface area contributed by atoms with Gasteiger partial charge in [-0.3, -0.25) is 20.2 Å². The lowest BCUT2D eigenvalue weighted by Gasteiger charge is -2.12. The Morgan fingerprint density at radius 1 is 1.27 bits per heavy atom. The number of non-ortho nitro benzene ring substituents is 1. The van der Waals surface area contributed by atoms with Gasteiger partial charge in [-0.05, 0) is 31.5 Å². The van der Waals surface area contributed by atoms with Crippen LogP contribution in [0.15, 0.2) is 47.8 Å². The number of phenols is 1. The molecule has 3 rings (SSSR count). The first-order valence-electron chi connectivity index (χ1n) is 8.76. The number of ether oxygens (including phenoxy) is 1. The Hall–Kier alpha value is -3.79. The summed E-state index contributed by atoms with van der Waals surface area (Å²) in [4.78, 5) is 39.2. The van der Waals surface area contributed by atoms with E-state index in [0.717, 1.165) is 11.3 Å². The van der Waals surface area contributed by atoms with Crippen molar-refractivity contribution < 1.29 is 24.4 Å². The lowest BCUT2D eigenvalue weighted by molar-refractivity contribution is -0.384. The lowest BCUT2D eigenvalue weighted by Crippen LogP contribution is -2.30. The molecule has 2 N–H and O–H groups in total. The third-order valence-electron chi connectivity index (χ3n) is 4.18. The number of hydrogen-bond donors (Lipinski definition) is 2. The predicted octanol–water partition coefficient (Wildman–Crippen LogP) is 3.92. The molecule has 9 nitrogen and oxygen atoms in total. The molecule has 1 heterocycles. The average molecular weight is 427 g/mol. The predicted molar refractivity (Wildman–Crippen MR) is 111 cm³/mol. The molecular formula is C20H17N3O6S. The van der Waals surface area contributed by atoms with Crippen molar-refractivity contribution in [2.75, 3.05) is 5.32 Å². The number of nitrogens with zero attached hydrogens (tertiary/aromatic N) is 2. The molecule has 0 bridgehead atoms. The van der Waals surface area contributed by atoms with Gasteiger partial charge < -0.3 is 9.84 Å². The zero-order valence-electron chi connectivity index (χ0n) is 16.0. The van der Waals surface area contributed by atoms with Gasteiger partial charge in [0.2, 0.25) is 0 Å². The van der Waals surface area contributed by atoms with E-state index in [1.165, 1.54) is 31.2 Å². The van der Waals surface area contributed by atoms with Gasteiger partial charge in [0.15, 0.2) is 11.2 Å². The van der Waals surface area contributed by atoms with Crippen molar-refractivity contribution >= 4 is 34.0 Å². The minimum Gasteiger partial charge on any atom is -0.508 e.